The van der Waals surface area contributed by atoms with Gasteiger partial charge in [-0.05, 0) is 0 Å². The van der Waals surface area contributed by atoms with Gasteiger partial charge in [-0.3, -0.25) is 10.00 Å². The van der Waals surface area contributed by atoms with Gasteiger partial charge in [0.05, 0.1) is 26.0 Å². The van der Waals surface area contributed by atoms with E-state index in [0.29, 0.717) is 26.3 Å². The minimum Gasteiger partial charge on any atom is -0.392 e. The summed E-state index contributed by atoms with van der Waals surface area (Å²) in [5.74, 6) is 0. The Morgan fingerprint density at radius 1 is 1.47 bits per heavy atom. The quantitative estimate of drug-likeness (QED) is 0.589. The van der Waals surface area contributed by atoms with Gasteiger partial charge in [0.1, 0.15) is 0 Å². The van der Waals surface area contributed by atoms with Gasteiger partial charge in [0, 0.05) is 31.7 Å². The van der Waals surface area contributed by atoms with Crippen molar-refractivity contribution >= 4 is 10.0 Å². The lowest BCUT2D eigenvalue weighted by atomic mass is 10.4. The highest BCUT2D eigenvalue weighted by atomic mass is 32.2. The van der Waals surface area contributed by atoms with Crippen LogP contribution in [0.1, 0.15) is 5.56 Å². The van der Waals surface area contributed by atoms with E-state index in [9.17, 15) is 8.42 Å². The molecule has 0 bridgehead atoms. The molecule has 1 aromatic heterocycles. The van der Waals surface area contributed by atoms with E-state index in [-0.39, 0.29) is 17.2 Å². The van der Waals surface area contributed by atoms with Gasteiger partial charge in [0.15, 0.2) is 5.03 Å². The van der Waals surface area contributed by atoms with Gasteiger partial charge in [-0.1, -0.05) is 0 Å². The summed E-state index contributed by atoms with van der Waals surface area (Å²) >= 11 is 0. The number of hydrogen-bond acceptors (Lipinski definition) is 6. The molecule has 0 spiro atoms. The fourth-order valence-electron chi connectivity index (χ4n) is 1.88. The van der Waals surface area contributed by atoms with Crippen LogP contribution in [0.5, 0.6) is 0 Å². The molecule has 19 heavy (non-hydrogen) atoms. The Labute approximate surface area is 111 Å². The molecule has 9 heteroatoms. The number of hydrogen-bond donors (Lipinski definition) is 3. The van der Waals surface area contributed by atoms with Gasteiger partial charge in [0.2, 0.25) is 0 Å². The molecule has 0 unspecified atom stereocenters. The third kappa shape index (κ3) is 3.74. The number of morpholine rings is 1. The van der Waals surface area contributed by atoms with Crippen LogP contribution in [0.25, 0.3) is 0 Å². The Kier molecular flexibility index (Phi) is 4.88. The standard InChI is InChI=1S/C10H18N4O4S/c15-8-9-7-11-13-10(9)19(16,17)12-1-2-14-3-5-18-6-4-14/h7,12,15H,1-6,8H2,(H,11,13). The smallest absolute Gasteiger partial charge is 0.257 e. The summed E-state index contributed by atoms with van der Waals surface area (Å²) in [4.78, 5) is 2.13. The SMILES string of the molecule is O=S(=O)(NCCN1CCOCC1)c1[nH]ncc1CO. The number of aliphatic hydroxyl groups is 1. The zero-order chi connectivity index (χ0) is 13.7. The Hall–Kier alpha value is -1.00. The molecule has 0 radical (unpaired) electrons. The first-order valence-electron chi connectivity index (χ1n) is 6.06. The third-order valence-corrected chi connectivity index (χ3v) is 4.42. The van der Waals surface area contributed by atoms with Crippen molar-refractivity contribution in [2.45, 2.75) is 11.6 Å². The molecule has 0 aromatic carbocycles. The summed E-state index contributed by atoms with van der Waals surface area (Å²) in [6.07, 6.45) is 1.30. The number of aliphatic hydroxyl groups excluding tert-OH is 1. The Morgan fingerprint density at radius 3 is 2.89 bits per heavy atom. The lowest BCUT2D eigenvalue weighted by Crippen LogP contribution is -2.41. The molecule has 1 aliphatic heterocycles. The molecule has 3 N–H and O–H groups in total. The normalized spacial score (nSPS) is 17.7. The van der Waals surface area contributed by atoms with Gasteiger partial charge in [-0.15, -0.1) is 0 Å². The Bertz CT molecular complexity index is 495. The number of rotatable bonds is 6. The van der Waals surface area contributed by atoms with Crippen LogP contribution in [-0.4, -0.2) is 68.0 Å². The minimum absolute atomic E-state index is 0.0722. The van der Waals surface area contributed by atoms with E-state index in [1.807, 2.05) is 0 Å². The summed E-state index contributed by atoms with van der Waals surface area (Å²) in [7, 11) is -3.65. The average Bonchev–Trinajstić information content (AvgIpc) is 2.89. The predicted molar refractivity (Wildman–Crippen MR) is 67.0 cm³/mol. The number of ether oxygens (including phenoxy) is 1. The predicted octanol–water partition coefficient (Wildman–Crippen LogP) is -1.49. The van der Waals surface area contributed by atoms with E-state index in [0.717, 1.165) is 13.1 Å². The van der Waals surface area contributed by atoms with Crippen molar-refractivity contribution in [1.29, 1.82) is 0 Å². The van der Waals surface area contributed by atoms with Crippen LogP contribution in [0.2, 0.25) is 0 Å². The molecule has 2 heterocycles. The summed E-state index contributed by atoms with van der Waals surface area (Å²) in [6, 6.07) is 0. The van der Waals surface area contributed by atoms with Gasteiger partial charge in [-0.2, -0.15) is 5.10 Å². The zero-order valence-corrected chi connectivity index (χ0v) is 11.3. The molecule has 1 aromatic rings. The fraction of sp³-hybridized carbons (Fsp3) is 0.700. The molecular formula is C10H18N4O4S. The topological polar surface area (TPSA) is 108 Å². The van der Waals surface area contributed by atoms with Gasteiger partial charge in [0.25, 0.3) is 10.0 Å². The van der Waals surface area contributed by atoms with Crippen LogP contribution in [0.15, 0.2) is 11.2 Å². The van der Waals surface area contributed by atoms with Crippen molar-refractivity contribution < 1.29 is 18.3 Å². The monoisotopic (exact) mass is 290 g/mol. The van der Waals surface area contributed by atoms with Crippen LogP contribution < -0.4 is 4.72 Å². The van der Waals surface area contributed by atoms with E-state index in [4.69, 9.17) is 9.84 Å². The van der Waals surface area contributed by atoms with E-state index < -0.39 is 10.0 Å². The molecule has 1 fully saturated rings. The Balaban J connectivity index is 1.87. The van der Waals surface area contributed by atoms with Gasteiger partial charge >= 0.3 is 0 Å². The number of nitrogens with one attached hydrogen (secondary N) is 2. The van der Waals surface area contributed by atoms with Crippen molar-refractivity contribution in [2.24, 2.45) is 0 Å². The highest BCUT2D eigenvalue weighted by molar-refractivity contribution is 7.89. The van der Waals surface area contributed by atoms with Gasteiger partial charge in [-0.25, -0.2) is 13.1 Å². The summed E-state index contributed by atoms with van der Waals surface area (Å²) in [6.45, 7) is 3.57. The van der Waals surface area contributed by atoms with E-state index >= 15 is 0 Å². The second-order valence-corrected chi connectivity index (χ2v) is 5.94. The number of sulfonamides is 1. The molecular weight excluding hydrogens is 272 g/mol. The second kappa shape index (κ2) is 6.44. The largest absolute Gasteiger partial charge is 0.392 e. The average molecular weight is 290 g/mol. The zero-order valence-electron chi connectivity index (χ0n) is 10.5. The van der Waals surface area contributed by atoms with Crippen LogP contribution in [0, 0.1) is 0 Å². The van der Waals surface area contributed by atoms with Crippen LogP contribution >= 0.6 is 0 Å². The summed E-state index contributed by atoms with van der Waals surface area (Å²) < 4.78 is 31.7. The van der Waals surface area contributed by atoms with Crippen LogP contribution in [0.3, 0.4) is 0 Å². The van der Waals surface area contributed by atoms with E-state index in [1.54, 1.807) is 0 Å². The van der Waals surface area contributed by atoms with Crippen molar-refractivity contribution in [3.63, 3.8) is 0 Å². The minimum atomic E-state index is -3.65. The molecule has 108 valence electrons. The maximum absolute atomic E-state index is 12.0. The molecule has 1 aliphatic rings. The van der Waals surface area contributed by atoms with Gasteiger partial charge < -0.3 is 9.84 Å². The van der Waals surface area contributed by atoms with Crippen molar-refractivity contribution in [2.75, 3.05) is 39.4 Å². The van der Waals surface area contributed by atoms with E-state index in [1.165, 1.54) is 6.20 Å². The van der Waals surface area contributed by atoms with Crippen molar-refractivity contribution in [3.8, 4) is 0 Å². The summed E-state index contributed by atoms with van der Waals surface area (Å²) in [5.41, 5.74) is 0.263. The van der Waals surface area contributed by atoms with Crippen LogP contribution in [-0.2, 0) is 21.4 Å². The molecule has 0 atom stereocenters. The molecule has 8 nitrogen and oxygen atoms in total. The lowest BCUT2D eigenvalue weighted by molar-refractivity contribution is 0.0390. The first-order chi connectivity index (χ1) is 9.13. The molecule has 1 saturated heterocycles. The maximum Gasteiger partial charge on any atom is 0.257 e. The molecule has 0 amide bonds. The number of aromatic amines is 1. The van der Waals surface area contributed by atoms with Crippen molar-refractivity contribution in [1.82, 2.24) is 19.8 Å². The second-order valence-electron chi connectivity index (χ2n) is 4.23. The first kappa shape index (κ1) is 14.4. The number of H-pyrrole nitrogens is 1. The number of nitrogens with zero attached hydrogens (tertiary/aromatic N) is 2. The fourth-order valence-corrected chi connectivity index (χ4v) is 3.02. The third-order valence-electron chi connectivity index (χ3n) is 2.94. The molecule has 2 rings (SSSR count). The van der Waals surface area contributed by atoms with Crippen LogP contribution in [0.4, 0.5) is 0 Å². The first-order valence-corrected chi connectivity index (χ1v) is 7.54. The van der Waals surface area contributed by atoms with E-state index in [2.05, 4.69) is 19.8 Å². The lowest BCUT2D eigenvalue weighted by Gasteiger charge is -2.26. The highest BCUT2D eigenvalue weighted by Gasteiger charge is 2.20. The molecule has 0 aliphatic carbocycles. The highest BCUT2D eigenvalue weighted by Crippen LogP contribution is 2.11. The summed E-state index contributed by atoms with van der Waals surface area (Å²) in [5, 5.41) is 15.0. The number of aromatic nitrogens is 2. The Morgan fingerprint density at radius 2 is 2.21 bits per heavy atom. The molecule has 0 saturated carbocycles. The van der Waals surface area contributed by atoms with Crippen molar-refractivity contribution in [3.05, 3.63) is 11.8 Å². The maximum atomic E-state index is 12.0.